The first-order valence-corrected chi connectivity index (χ1v) is 6.49. The quantitative estimate of drug-likeness (QED) is 0.709. The second kappa shape index (κ2) is 6.59. The van der Waals surface area contributed by atoms with Crippen molar-refractivity contribution in [1.29, 1.82) is 0 Å². The molecule has 0 saturated heterocycles. The Labute approximate surface area is 101 Å². The first-order chi connectivity index (χ1) is 7.71. The Balaban J connectivity index is 2.78. The molecule has 1 unspecified atom stereocenters. The van der Waals surface area contributed by atoms with Gasteiger partial charge in [0.15, 0.2) is 0 Å². The lowest BCUT2D eigenvalue weighted by Crippen LogP contribution is -1.97. The number of aldehydes is 1. The number of methoxy groups -OCH3 is 1. The van der Waals surface area contributed by atoms with Crippen molar-refractivity contribution in [3.8, 4) is 5.75 Å². The fourth-order valence-corrected chi connectivity index (χ4v) is 2.26. The predicted molar refractivity (Wildman–Crippen MR) is 69.4 cm³/mol. The van der Waals surface area contributed by atoms with Gasteiger partial charge in [-0.15, -0.1) is 0 Å². The zero-order valence-electron chi connectivity index (χ0n) is 10.0. The Hall–Kier alpha value is -0.960. The Morgan fingerprint density at radius 1 is 1.50 bits per heavy atom. The third kappa shape index (κ3) is 3.56. The fraction of sp³-hybridized carbons (Fsp3) is 0.462. The Morgan fingerprint density at radius 2 is 2.25 bits per heavy atom. The Morgan fingerprint density at radius 3 is 2.81 bits per heavy atom. The fourth-order valence-electron chi connectivity index (χ4n) is 1.33. The molecule has 1 atom stereocenters. The van der Waals surface area contributed by atoms with Crippen LogP contribution in [0.25, 0.3) is 0 Å². The summed E-state index contributed by atoms with van der Waals surface area (Å²) >= 11 is 1.88. The maximum Gasteiger partial charge on any atom is 0.150 e. The summed E-state index contributed by atoms with van der Waals surface area (Å²) < 4.78 is 5.28. The van der Waals surface area contributed by atoms with E-state index in [0.717, 1.165) is 29.8 Å². The number of benzene rings is 1. The predicted octanol–water partition coefficient (Wildman–Crippen LogP) is 3.54. The van der Waals surface area contributed by atoms with Gasteiger partial charge in [0.2, 0.25) is 0 Å². The smallest absolute Gasteiger partial charge is 0.150 e. The van der Waals surface area contributed by atoms with Crippen LogP contribution >= 0.6 is 11.8 Å². The molecule has 2 nitrogen and oxygen atoms in total. The number of hydrogen-bond donors (Lipinski definition) is 0. The van der Waals surface area contributed by atoms with Gasteiger partial charge >= 0.3 is 0 Å². The molecule has 0 aromatic heterocycles. The largest absolute Gasteiger partial charge is 0.496 e. The van der Waals surface area contributed by atoms with Crippen LogP contribution in [0.3, 0.4) is 0 Å². The van der Waals surface area contributed by atoms with Gasteiger partial charge in [0.1, 0.15) is 12.0 Å². The molecule has 0 saturated carbocycles. The standard InChI is InChI=1S/C13H18O2S/c1-4-10(2)16-9-12-7-11(8-14)5-6-13(12)15-3/h5-8,10H,4,9H2,1-3H3. The van der Waals surface area contributed by atoms with E-state index in [2.05, 4.69) is 13.8 Å². The summed E-state index contributed by atoms with van der Waals surface area (Å²) in [6, 6.07) is 5.54. The Bertz CT molecular complexity index is 350. The molecule has 3 heteroatoms. The molecule has 0 amide bonds. The Kier molecular flexibility index (Phi) is 5.39. The molecule has 0 bridgehead atoms. The lowest BCUT2D eigenvalue weighted by Gasteiger charge is -2.11. The number of ether oxygens (including phenoxy) is 1. The molecule has 0 fully saturated rings. The zero-order valence-corrected chi connectivity index (χ0v) is 10.8. The number of hydrogen-bond acceptors (Lipinski definition) is 3. The molecule has 1 aromatic carbocycles. The molecule has 1 rings (SSSR count). The summed E-state index contributed by atoms with van der Waals surface area (Å²) in [6.45, 7) is 4.39. The van der Waals surface area contributed by atoms with Crippen LogP contribution in [0.15, 0.2) is 18.2 Å². The van der Waals surface area contributed by atoms with Crippen molar-refractivity contribution in [3.05, 3.63) is 29.3 Å². The minimum Gasteiger partial charge on any atom is -0.496 e. The number of thioether (sulfide) groups is 1. The van der Waals surface area contributed by atoms with Gasteiger partial charge in [-0.05, 0) is 24.6 Å². The summed E-state index contributed by atoms with van der Waals surface area (Å²) in [5.41, 5.74) is 1.80. The highest BCUT2D eigenvalue weighted by molar-refractivity contribution is 7.99. The van der Waals surface area contributed by atoms with Crippen LogP contribution in [0.1, 0.15) is 36.2 Å². The molecular weight excluding hydrogens is 220 g/mol. The van der Waals surface area contributed by atoms with Gasteiger partial charge in [-0.3, -0.25) is 4.79 Å². The maximum atomic E-state index is 10.7. The van der Waals surface area contributed by atoms with Crippen LogP contribution in [0.4, 0.5) is 0 Å². The molecule has 0 aliphatic carbocycles. The highest BCUT2D eigenvalue weighted by atomic mass is 32.2. The number of rotatable bonds is 6. The molecule has 0 aliphatic heterocycles. The van der Waals surface area contributed by atoms with E-state index in [0.29, 0.717) is 10.8 Å². The van der Waals surface area contributed by atoms with Crippen LogP contribution in [0.2, 0.25) is 0 Å². The third-order valence-corrected chi connectivity index (χ3v) is 3.92. The van der Waals surface area contributed by atoms with Gasteiger partial charge in [-0.1, -0.05) is 13.8 Å². The van der Waals surface area contributed by atoms with E-state index >= 15 is 0 Å². The normalized spacial score (nSPS) is 12.2. The van der Waals surface area contributed by atoms with Gasteiger partial charge in [-0.2, -0.15) is 11.8 Å². The molecule has 1 aromatic rings. The topological polar surface area (TPSA) is 26.3 Å². The number of carbonyl (C=O) groups is 1. The van der Waals surface area contributed by atoms with E-state index in [1.54, 1.807) is 13.2 Å². The van der Waals surface area contributed by atoms with E-state index in [4.69, 9.17) is 4.74 Å². The molecule has 88 valence electrons. The van der Waals surface area contributed by atoms with Gasteiger partial charge < -0.3 is 4.74 Å². The third-order valence-electron chi connectivity index (χ3n) is 2.54. The van der Waals surface area contributed by atoms with Crippen molar-refractivity contribution >= 4 is 18.0 Å². The molecule has 0 spiro atoms. The van der Waals surface area contributed by atoms with Crippen molar-refractivity contribution in [2.24, 2.45) is 0 Å². The van der Waals surface area contributed by atoms with E-state index < -0.39 is 0 Å². The van der Waals surface area contributed by atoms with Crippen LogP contribution in [0.5, 0.6) is 5.75 Å². The first kappa shape index (κ1) is 13.1. The van der Waals surface area contributed by atoms with Gasteiger partial charge in [-0.25, -0.2) is 0 Å². The highest BCUT2D eigenvalue weighted by Crippen LogP contribution is 2.27. The van der Waals surface area contributed by atoms with E-state index in [9.17, 15) is 4.79 Å². The van der Waals surface area contributed by atoms with Crippen molar-refractivity contribution in [2.75, 3.05) is 7.11 Å². The van der Waals surface area contributed by atoms with Crippen molar-refractivity contribution in [1.82, 2.24) is 0 Å². The minimum atomic E-state index is 0.629. The average Bonchev–Trinajstić information content (AvgIpc) is 2.35. The van der Waals surface area contributed by atoms with E-state index in [1.165, 1.54) is 0 Å². The molecule has 0 heterocycles. The maximum absolute atomic E-state index is 10.7. The second-order valence-corrected chi connectivity index (χ2v) is 5.15. The van der Waals surface area contributed by atoms with Crippen LogP contribution in [-0.2, 0) is 5.75 Å². The summed E-state index contributed by atoms with van der Waals surface area (Å²) in [4.78, 5) is 10.7. The summed E-state index contributed by atoms with van der Waals surface area (Å²) in [5, 5.41) is 0.629. The lowest BCUT2D eigenvalue weighted by atomic mass is 10.1. The first-order valence-electron chi connectivity index (χ1n) is 5.45. The molecular formula is C13H18O2S. The summed E-state index contributed by atoms with van der Waals surface area (Å²) in [6.07, 6.45) is 2.03. The van der Waals surface area contributed by atoms with Crippen molar-refractivity contribution in [3.63, 3.8) is 0 Å². The van der Waals surface area contributed by atoms with Crippen molar-refractivity contribution in [2.45, 2.75) is 31.3 Å². The lowest BCUT2D eigenvalue weighted by molar-refractivity contribution is 0.112. The second-order valence-electron chi connectivity index (χ2n) is 3.72. The van der Waals surface area contributed by atoms with Crippen molar-refractivity contribution < 1.29 is 9.53 Å². The van der Waals surface area contributed by atoms with Crippen LogP contribution in [-0.4, -0.2) is 18.6 Å². The summed E-state index contributed by atoms with van der Waals surface area (Å²) in [7, 11) is 1.66. The SMILES string of the molecule is CCC(C)SCc1cc(C=O)ccc1OC. The number of carbonyl (C=O) groups excluding carboxylic acids is 1. The van der Waals surface area contributed by atoms with Gasteiger partial charge in [0, 0.05) is 22.1 Å². The van der Waals surface area contributed by atoms with Crippen LogP contribution in [0, 0.1) is 0 Å². The molecule has 0 N–H and O–H groups in total. The summed E-state index contributed by atoms with van der Waals surface area (Å²) in [5.74, 6) is 1.75. The van der Waals surface area contributed by atoms with Gasteiger partial charge in [0.25, 0.3) is 0 Å². The monoisotopic (exact) mass is 238 g/mol. The zero-order chi connectivity index (χ0) is 12.0. The van der Waals surface area contributed by atoms with E-state index in [-0.39, 0.29) is 0 Å². The highest BCUT2D eigenvalue weighted by Gasteiger charge is 2.06. The minimum absolute atomic E-state index is 0.629. The molecule has 0 radical (unpaired) electrons. The molecule has 0 aliphatic rings. The average molecular weight is 238 g/mol. The molecule has 16 heavy (non-hydrogen) atoms. The van der Waals surface area contributed by atoms with E-state index in [1.807, 2.05) is 23.9 Å². The van der Waals surface area contributed by atoms with Crippen LogP contribution < -0.4 is 4.74 Å². The van der Waals surface area contributed by atoms with Gasteiger partial charge in [0.05, 0.1) is 7.11 Å².